The van der Waals surface area contributed by atoms with Gasteiger partial charge in [-0.05, 0) is 99.7 Å². The fraction of sp³-hybridized carbons (Fsp3) is 0. The minimum absolute atomic E-state index is 0.574. The van der Waals surface area contributed by atoms with Gasteiger partial charge in [0.05, 0.1) is 0 Å². The molecule has 5 heteroatoms. The van der Waals surface area contributed by atoms with E-state index in [0.717, 1.165) is 93.8 Å². The van der Waals surface area contributed by atoms with Crippen LogP contribution < -0.4 is 4.90 Å². The zero-order chi connectivity index (χ0) is 35.3. The third-order valence-electron chi connectivity index (χ3n) is 10.8. The van der Waals surface area contributed by atoms with Crippen LogP contribution in [0.2, 0.25) is 0 Å². The molecule has 0 bridgehead atoms. The molecule has 0 atom stereocenters. The van der Waals surface area contributed by atoms with Gasteiger partial charge in [-0.2, -0.15) is 0 Å². The average molecular weight is 693 g/mol. The summed E-state index contributed by atoms with van der Waals surface area (Å²) in [6.07, 6.45) is 0. The Hall–Kier alpha value is -7.37. The molecule has 54 heavy (non-hydrogen) atoms. The van der Waals surface area contributed by atoms with Gasteiger partial charge in [0.1, 0.15) is 27.8 Å². The molecule has 9 aromatic carbocycles. The van der Waals surface area contributed by atoms with Gasteiger partial charge in [0.15, 0.2) is 5.58 Å². The minimum atomic E-state index is 0.574. The Labute approximate surface area is 307 Å². The Balaban J connectivity index is 1.05. The first-order chi connectivity index (χ1) is 26.7. The van der Waals surface area contributed by atoms with E-state index in [1.54, 1.807) is 0 Å². The number of fused-ring (bicyclic) bond motifs is 11. The first-order valence-corrected chi connectivity index (χ1v) is 18.1. The quantitative estimate of drug-likeness (QED) is 0.184. The largest absolute Gasteiger partial charge is 0.456 e. The van der Waals surface area contributed by atoms with Gasteiger partial charge in [0.25, 0.3) is 0 Å². The molecule has 0 radical (unpaired) electrons. The molecule has 0 aliphatic carbocycles. The Morgan fingerprint density at radius 2 is 1.02 bits per heavy atom. The fourth-order valence-corrected chi connectivity index (χ4v) is 8.26. The number of nitrogens with zero attached hydrogens (tertiary/aromatic N) is 2. The first kappa shape index (κ1) is 29.2. The highest BCUT2D eigenvalue weighted by atomic mass is 16.4. The number of benzene rings is 9. The maximum Gasteiger partial charge on any atom is 0.228 e. The van der Waals surface area contributed by atoms with Crippen LogP contribution in [0.15, 0.2) is 183 Å². The minimum Gasteiger partial charge on any atom is -0.456 e. The lowest BCUT2D eigenvalue weighted by Gasteiger charge is -2.26. The van der Waals surface area contributed by atoms with Crippen LogP contribution in [0.25, 0.3) is 98.7 Å². The molecular formula is C49H28N2O3. The lowest BCUT2D eigenvalue weighted by molar-refractivity contribution is 0.623. The smallest absolute Gasteiger partial charge is 0.228 e. The van der Waals surface area contributed by atoms with Crippen LogP contribution in [0.5, 0.6) is 0 Å². The van der Waals surface area contributed by atoms with Gasteiger partial charge < -0.3 is 18.2 Å². The summed E-state index contributed by atoms with van der Waals surface area (Å²) in [6.45, 7) is 0. The number of rotatable bonds is 4. The standard InChI is InChI=1S/C49H28N2O3/c1-2-10-31-24-34(18-16-29(31)8-1)51(35-20-23-43-41(27-35)40-25-32-11-3-4-12-33(32)26-45(40)52-43)36-19-21-38-46(28-36)53-44-15-7-14-39(47(38)44)49-50-42-22-17-30-9-5-6-13-37(30)48(42)54-49/h1-28H. The first-order valence-electron chi connectivity index (χ1n) is 18.1. The number of furan rings is 2. The molecule has 12 aromatic rings. The highest BCUT2D eigenvalue weighted by Crippen LogP contribution is 2.44. The van der Waals surface area contributed by atoms with Crippen molar-refractivity contribution >= 4 is 104 Å². The molecule has 0 aliphatic rings. The highest BCUT2D eigenvalue weighted by molar-refractivity contribution is 6.14. The highest BCUT2D eigenvalue weighted by Gasteiger charge is 2.21. The van der Waals surface area contributed by atoms with Crippen LogP contribution in [0, 0.1) is 0 Å². The summed E-state index contributed by atoms with van der Waals surface area (Å²) in [5, 5.41) is 11.0. The van der Waals surface area contributed by atoms with E-state index in [-0.39, 0.29) is 0 Å². The Morgan fingerprint density at radius 1 is 0.370 bits per heavy atom. The maximum atomic E-state index is 6.64. The second-order valence-electron chi connectivity index (χ2n) is 14.0. The van der Waals surface area contributed by atoms with Crippen LogP contribution in [-0.2, 0) is 0 Å². The molecule has 0 saturated heterocycles. The second-order valence-corrected chi connectivity index (χ2v) is 14.0. The van der Waals surface area contributed by atoms with Crippen LogP contribution in [-0.4, -0.2) is 4.98 Å². The van der Waals surface area contributed by atoms with Crippen molar-refractivity contribution in [2.24, 2.45) is 0 Å². The van der Waals surface area contributed by atoms with Gasteiger partial charge >= 0.3 is 0 Å². The van der Waals surface area contributed by atoms with Gasteiger partial charge in [0.2, 0.25) is 5.89 Å². The molecule has 12 rings (SSSR count). The van der Waals surface area contributed by atoms with E-state index in [9.17, 15) is 0 Å². The summed E-state index contributed by atoms with van der Waals surface area (Å²) in [5.41, 5.74) is 8.85. The van der Waals surface area contributed by atoms with E-state index < -0.39 is 0 Å². The topological polar surface area (TPSA) is 55.6 Å². The van der Waals surface area contributed by atoms with E-state index in [1.807, 2.05) is 30.3 Å². The van der Waals surface area contributed by atoms with Crippen LogP contribution in [0.1, 0.15) is 0 Å². The van der Waals surface area contributed by atoms with Crippen molar-refractivity contribution in [3.8, 4) is 11.5 Å². The SMILES string of the molecule is c1ccc2cc(N(c3ccc4c(c3)oc3cccc(-c5nc6ccc7ccccc7c6o5)c34)c3ccc4oc5cc6ccccc6cc5c4c3)ccc2c1. The monoisotopic (exact) mass is 692 g/mol. The number of aromatic nitrogens is 1. The third-order valence-corrected chi connectivity index (χ3v) is 10.8. The Bertz CT molecular complexity index is 3480. The molecule has 0 unspecified atom stereocenters. The van der Waals surface area contributed by atoms with Crippen molar-refractivity contribution in [3.05, 3.63) is 170 Å². The van der Waals surface area contributed by atoms with Crippen molar-refractivity contribution in [1.82, 2.24) is 4.98 Å². The van der Waals surface area contributed by atoms with E-state index in [2.05, 4.69) is 144 Å². The molecule has 3 heterocycles. The summed E-state index contributed by atoms with van der Waals surface area (Å²) in [6, 6.07) is 59.3. The van der Waals surface area contributed by atoms with Crippen molar-refractivity contribution in [1.29, 1.82) is 0 Å². The van der Waals surface area contributed by atoms with E-state index in [1.165, 1.54) is 16.2 Å². The van der Waals surface area contributed by atoms with Crippen LogP contribution in [0.4, 0.5) is 17.1 Å². The molecule has 0 fully saturated rings. The van der Waals surface area contributed by atoms with Gasteiger partial charge in [-0.3, -0.25) is 0 Å². The summed E-state index contributed by atoms with van der Waals surface area (Å²) in [4.78, 5) is 7.25. The zero-order valence-electron chi connectivity index (χ0n) is 28.8. The van der Waals surface area contributed by atoms with Gasteiger partial charge in [-0.1, -0.05) is 91.0 Å². The lowest BCUT2D eigenvalue weighted by Crippen LogP contribution is -2.09. The molecule has 3 aromatic heterocycles. The maximum absolute atomic E-state index is 6.64. The number of hydrogen-bond acceptors (Lipinski definition) is 5. The average Bonchev–Trinajstić information content (AvgIpc) is 3.93. The molecule has 0 amide bonds. The molecule has 0 N–H and O–H groups in total. The summed E-state index contributed by atoms with van der Waals surface area (Å²) < 4.78 is 19.6. The number of anilines is 3. The summed E-state index contributed by atoms with van der Waals surface area (Å²) >= 11 is 0. The van der Waals surface area contributed by atoms with Crippen LogP contribution in [0.3, 0.4) is 0 Å². The summed E-state index contributed by atoms with van der Waals surface area (Å²) in [5.74, 6) is 0.574. The fourth-order valence-electron chi connectivity index (χ4n) is 8.26. The Kier molecular flexibility index (Phi) is 5.99. The molecule has 0 spiro atoms. The summed E-state index contributed by atoms with van der Waals surface area (Å²) in [7, 11) is 0. The molecular weight excluding hydrogens is 665 g/mol. The molecule has 0 aliphatic heterocycles. The second kappa shape index (κ2) is 11.1. The molecule has 252 valence electrons. The van der Waals surface area contributed by atoms with Crippen molar-refractivity contribution in [2.45, 2.75) is 0 Å². The number of hydrogen-bond donors (Lipinski definition) is 0. The van der Waals surface area contributed by atoms with E-state index >= 15 is 0 Å². The van der Waals surface area contributed by atoms with Gasteiger partial charge in [-0.15, -0.1) is 0 Å². The normalized spacial score (nSPS) is 12.1. The zero-order valence-corrected chi connectivity index (χ0v) is 28.8. The van der Waals surface area contributed by atoms with Crippen molar-refractivity contribution < 1.29 is 13.3 Å². The molecule has 5 nitrogen and oxygen atoms in total. The third kappa shape index (κ3) is 4.36. The predicted molar refractivity (Wildman–Crippen MR) is 221 cm³/mol. The van der Waals surface area contributed by atoms with Crippen molar-refractivity contribution in [3.63, 3.8) is 0 Å². The lowest BCUT2D eigenvalue weighted by atomic mass is 10.0. The Morgan fingerprint density at radius 3 is 1.91 bits per heavy atom. The molecule has 0 saturated carbocycles. The predicted octanol–water partition coefficient (Wildman–Crippen LogP) is 14.2. The van der Waals surface area contributed by atoms with Gasteiger partial charge in [-0.25, -0.2) is 4.98 Å². The number of oxazole rings is 1. The van der Waals surface area contributed by atoms with Gasteiger partial charge in [0, 0.05) is 55.6 Å². The van der Waals surface area contributed by atoms with E-state index in [4.69, 9.17) is 18.2 Å². The van der Waals surface area contributed by atoms with Crippen molar-refractivity contribution in [2.75, 3.05) is 4.90 Å². The van der Waals surface area contributed by atoms with E-state index in [0.29, 0.717) is 5.89 Å². The van der Waals surface area contributed by atoms with Crippen LogP contribution >= 0.6 is 0 Å².